The second-order valence-electron chi connectivity index (χ2n) is 4.66. The summed E-state index contributed by atoms with van der Waals surface area (Å²) < 4.78 is 8.60. The molecule has 2 heterocycles. The maximum absolute atomic E-state index is 5.83. The van der Waals surface area contributed by atoms with E-state index in [1.807, 2.05) is 36.5 Å². The minimum absolute atomic E-state index is 0.555. The van der Waals surface area contributed by atoms with Crippen molar-refractivity contribution in [1.82, 2.24) is 14.6 Å². The van der Waals surface area contributed by atoms with Crippen LogP contribution in [0.1, 0.15) is 0 Å². The van der Waals surface area contributed by atoms with Crippen LogP contribution >= 0.6 is 15.9 Å². The summed E-state index contributed by atoms with van der Waals surface area (Å²) in [5.41, 5.74) is 0.761. The molecule has 0 aliphatic heterocycles. The average molecular weight is 340 g/mol. The maximum atomic E-state index is 5.83. The van der Waals surface area contributed by atoms with Gasteiger partial charge in [0.05, 0.1) is 6.20 Å². The molecule has 102 valence electrons. The molecule has 0 spiro atoms. The highest BCUT2D eigenvalue weighted by molar-refractivity contribution is 9.10. The summed E-state index contributed by atoms with van der Waals surface area (Å²) in [5.74, 6) is 1.32. The predicted octanol–water partition coefficient (Wildman–Crippen LogP) is 4.44. The van der Waals surface area contributed by atoms with Gasteiger partial charge in [0.2, 0.25) is 5.88 Å². The first-order chi connectivity index (χ1) is 10.3. The van der Waals surface area contributed by atoms with E-state index >= 15 is 0 Å². The predicted molar refractivity (Wildman–Crippen MR) is 84.7 cm³/mol. The molecule has 0 N–H and O–H groups in total. The second-order valence-corrected chi connectivity index (χ2v) is 5.57. The van der Waals surface area contributed by atoms with Crippen LogP contribution in [0.15, 0.2) is 65.4 Å². The normalized spacial score (nSPS) is 11.1. The molecule has 21 heavy (non-hydrogen) atoms. The van der Waals surface area contributed by atoms with Gasteiger partial charge in [-0.2, -0.15) is 10.1 Å². The molecule has 0 fully saturated rings. The van der Waals surface area contributed by atoms with Gasteiger partial charge in [0.25, 0.3) is 0 Å². The summed E-state index contributed by atoms with van der Waals surface area (Å²) in [6.07, 6.45) is 3.54. The molecule has 0 unspecified atom stereocenters. The molecule has 0 amide bonds. The van der Waals surface area contributed by atoms with Gasteiger partial charge in [-0.05, 0) is 35.0 Å². The van der Waals surface area contributed by atoms with Crippen LogP contribution in [0.5, 0.6) is 11.6 Å². The molecule has 2 aromatic carbocycles. The lowest BCUT2D eigenvalue weighted by molar-refractivity contribution is 0.463. The quantitative estimate of drug-likeness (QED) is 0.542. The topological polar surface area (TPSA) is 39.4 Å². The summed E-state index contributed by atoms with van der Waals surface area (Å²) >= 11 is 3.47. The summed E-state index contributed by atoms with van der Waals surface area (Å²) in [7, 11) is 0. The van der Waals surface area contributed by atoms with Crippen LogP contribution in [-0.4, -0.2) is 14.6 Å². The summed E-state index contributed by atoms with van der Waals surface area (Å²) in [5, 5.41) is 6.40. The smallest absolute Gasteiger partial charge is 0.222 e. The maximum Gasteiger partial charge on any atom is 0.222 e. The Balaban J connectivity index is 1.71. The van der Waals surface area contributed by atoms with Gasteiger partial charge in [-0.25, -0.2) is 4.52 Å². The molecule has 2 aromatic heterocycles. The standard InChI is InChI=1S/C16H10BrN3O/c17-13-3-1-12-10-14(4-2-11(12)9-13)21-16-6-8-20-15(19-16)5-7-18-20/h1-10H. The molecule has 0 radical (unpaired) electrons. The van der Waals surface area contributed by atoms with Crippen LogP contribution in [0.3, 0.4) is 0 Å². The fourth-order valence-corrected chi connectivity index (χ4v) is 2.61. The van der Waals surface area contributed by atoms with Crippen LogP contribution in [0.25, 0.3) is 16.4 Å². The van der Waals surface area contributed by atoms with Gasteiger partial charge in [-0.1, -0.05) is 28.1 Å². The molecule has 0 saturated heterocycles. The number of hydrogen-bond donors (Lipinski definition) is 0. The molecule has 4 rings (SSSR count). The minimum Gasteiger partial charge on any atom is -0.439 e. The average Bonchev–Trinajstić information content (AvgIpc) is 2.95. The minimum atomic E-state index is 0.555. The summed E-state index contributed by atoms with van der Waals surface area (Å²) in [6, 6.07) is 15.8. The molecule has 4 aromatic rings. The highest BCUT2D eigenvalue weighted by atomic mass is 79.9. The molecular weight excluding hydrogens is 330 g/mol. The van der Waals surface area contributed by atoms with E-state index in [2.05, 4.69) is 38.1 Å². The fraction of sp³-hybridized carbons (Fsp3) is 0. The van der Waals surface area contributed by atoms with Crippen LogP contribution in [0.4, 0.5) is 0 Å². The van der Waals surface area contributed by atoms with Crippen LogP contribution < -0.4 is 4.74 Å². The Labute approximate surface area is 129 Å². The van der Waals surface area contributed by atoms with E-state index in [9.17, 15) is 0 Å². The van der Waals surface area contributed by atoms with Gasteiger partial charge >= 0.3 is 0 Å². The number of ether oxygens (including phenoxy) is 1. The first-order valence-electron chi connectivity index (χ1n) is 6.45. The lowest BCUT2D eigenvalue weighted by atomic mass is 10.1. The fourth-order valence-electron chi connectivity index (χ4n) is 2.23. The van der Waals surface area contributed by atoms with Crippen LogP contribution in [-0.2, 0) is 0 Å². The number of nitrogens with zero attached hydrogens (tertiary/aromatic N) is 3. The van der Waals surface area contributed by atoms with Crippen molar-refractivity contribution in [3.8, 4) is 11.6 Å². The molecule has 0 atom stereocenters. The molecular formula is C16H10BrN3O. The van der Waals surface area contributed by atoms with Gasteiger partial charge in [0, 0.05) is 22.8 Å². The third kappa shape index (κ3) is 2.36. The van der Waals surface area contributed by atoms with Crippen molar-refractivity contribution in [3.05, 3.63) is 65.4 Å². The van der Waals surface area contributed by atoms with Gasteiger partial charge in [0.15, 0.2) is 5.65 Å². The second kappa shape index (κ2) is 4.86. The highest BCUT2D eigenvalue weighted by Gasteiger charge is 2.03. The number of benzene rings is 2. The molecule has 0 aliphatic carbocycles. The largest absolute Gasteiger partial charge is 0.439 e. The SMILES string of the molecule is Brc1ccc2cc(Oc3ccn4nccc4n3)ccc2c1. The lowest BCUT2D eigenvalue weighted by Gasteiger charge is -2.06. The summed E-state index contributed by atoms with van der Waals surface area (Å²) in [6.45, 7) is 0. The number of halogens is 1. The first kappa shape index (κ1) is 12.3. The van der Waals surface area contributed by atoms with E-state index in [4.69, 9.17) is 4.74 Å². The van der Waals surface area contributed by atoms with Crippen molar-refractivity contribution in [2.75, 3.05) is 0 Å². The Kier molecular flexibility index (Phi) is 2.86. The van der Waals surface area contributed by atoms with E-state index in [1.165, 1.54) is 0 Å². The Morgan fingerprint density at radius 1 is 0.952 bits per heavy atom. The van der Waals surface area contributed by atoms with E-state index < -0.39 is 0 Å². The first-order valence-corrected chi connectivity index (χ1v) is 7.25. The van der Waals surface area contributed by atoms with Crippen molar-refractivity contribution < 1.29 is 4.74 Å². The van der Waals surface area contributed by atoms with E-state index in [1.54, 1.807) is 16.8 Å². The molecule has 0 saturated carbocycles. The van der Waals surface area contributed by atoms with Gasteiger partial charge < -0.3 is 4.74 Å². The number of rotatable bonds is 2. The zero-order chi connectivity index (χ0) is 14.2. The number of hydrogen-bond acceptors (Lipinski definition) is 3. The molecule has 0 bridgehead atoms. The van der Waals surface area contributed by atoms with Crippen molar-refractivity contribution in [2.45, 2.75) is 0 Å². The van der Waals surface area contributed by atoms with Crippen molar-refractivity contribution in [2.24, 2.45) is 0 Å². The van der Waals surface area contributed by atoms with Crippen molar-refractivity contribution >= 4 is 32.3 Å². The number of fused-ring (bicyclic) bond motifs is 2. The Hall–Kier alpha value is -2.40. The van der Waals surface area contributed by atoms with E-state index in [0.29, 0.717) is 5.88 Å². The van der Waals surface area contributed by atoms with E-state index in [0.717, 1.165) is 26.6 Å². The molecule has 0 aliphatic rings. The number of aromatic nitrogens is 3. The molecule has 5 heteroatoms. The third-order valence-corrected chi connectivity index (χ3v) is 3.72. The third-order valence-electron chi connectivity index (χ3n) is 3.23. The van der Waals surface area contributed by atoms with Gasteiger partial charge in [-0.3, -0.25) is 0 Å². The zero-order valence-corrected chi connectivity index (χ0v) is 12.5. The van der Waals surface area contributed by atoms with Crippen molar-refractivity contribution in [1.29, 1.82) is 0 Å². The van der Waals surface area contributed by atoms with Crippen LogP contribution in [0, 0.1) is 0 Å². The zero-order valence-electron chi connectivity index (χ0n) is 10.9. The highest BCUT2D eigenvalue weighted by Crippen LogP contribution is 2.26. The Bertz CT molecular complexity index is 948. The van der Waals surface area contributed by atoms with E-state index in [-0.39, 0.29) is 0 Å². The van der Waals surface area contributed by atoms with Crippen molar-refractivity contribution in [3.63, 3.8) is 0 Å². The lowest BCUT2D eigenvalue weighted by Crippen LogP contribution is -1.92. The monoisotopic (exact) mass is 339 g/mol. The summed E-state index contributed by atoms with van der Waals surface area (Å²) in [4.78, 5) is 4.40. The Morgan fingerprint density at radius 2 is 1.81 bits per heavy atom. The molecule has 4 nitrogen and oxygen atoms in total. The van der Waals surface area contributed by atoms with Crippen LogP contribution in [0.2, 0.25) is 0 Å². The van der Waals surface area contributed by atoms with Gasteiger partial charge in [-0.15, -0.1) is 0 Å². The van der Waals surface area contributed by atoms with Gasteiger partial charge in [0.1, 0.15) is 5.75 Å². The Morgan fingerprint density at radius 3 is 2.76 bits per heavy atom.